The van der Waals surface area contributed by atoms with Gasteiger partial charge in [0, 0.05) is 31.7 Å². The quantitative estimate of drug-likeness (QED) is 0.309. The van der Waals surface area contributed by atoms with Crippen LogP contribution in [0.4, 0.5) is 10.5 Å². The number of hydrogen-bond donors (Lipinski definition) is 4. The van der Waals surface area contributed by atoms with Crippen LogP contribution in [0.15, 0.2) is 54.6 Å². The van der Waals surface area contributed by atoms with Crippen molar-refractivity contribution in [1.82, 2.24) is 30.7 Å². The van der Waals surface area contributed by atoms with E-state index in [2.05, 4.69) is 21.3 Å². The Morgan fingerprint density at radius 1 is 0.804 bits per heavy atom. The molecule has 0 aliphatic carbocycles. The van der Waals surface area contributed by atoms with E-state index in [4.69, 9.17) is 4.74 Å². The number of fused-ring (bicyclic) bond motifs is 3. The number of carbonyl (C=O) groups is 7. The van der Waals surface area contributed by atoms with Crippen molar-refractivity contribution >= 4 is 47.2 Å². The second kappa shape index (κ2) is 18.0. The van der Waals surface area contributed by atoms with E-state index in [1.807, 2.05) is 56.3 Å². The number of hydrogen-bond acceptors (Lipinski definition) is 8. The third-order valence-corrected chi connectivity index (χ3v) is 11.2. The molecule has 4 saturated heterocycles. The monoisotopic (exact) mass is 771 g/mol. The molecule has 56 heavy (non-hydrogen) atoms. The van der Waals surface area contributed by atoms with E-state index >= 15 is 0 Å². The molecular formula is C41H53N7O8. The molecule has 4 aliphatic heterocycles. The lowest BCUT2D eigenvalue weighted by Crippen LogP contribution is -2.62. The zero-order chi connectivity index (χ0) is 39.9. The number of piperidine rings is 1. The summed E-state index contributed by atoms with van der Waals surface area (Å²) in [5.74, 6) is -3.43. The summed E-state index contributed by atoms with van der Waals surface area (Å²) in [6, 6.07) is 9.50. The standard InChI is InChI=1S/C41H53N7O8/c1-4-27-15-17-29(18-16-27)43-41(55)45-30(22-28-11-6-5-7-12-28)35(49)44-31-24-56-40(54)34-21-25(2)23-48(34)37(51)26(3)42-36(50)32-13-8-9-19-46(32)39(53)33-14-10-20-47(33)38(31)52/h5-7,11-12,15-18,25-26,30-34H,4,8-10,13-14,19-24H2,1-3H3,(H,42,50)(H,44,49)(H2,43,45,55)/t25-,26+,30+,31+,32+,33+,34+/m1/s1. The fourth-order valence-corrected chi connectivity index (χ4v) is 8.20. The molecule has 2 aromatic rings. The van der Waals surface area contributed by atoms with Crippen molar-refractivity contribution < 1.29 is 38.3 Å². The van der Waals surface area contributed by atoms with Gasteiger partial charge >= 0.3 is 12.0 Å². The number of amides is 7. The van der Waals surface area contributed by atoms with Gasteiger partial charge in [-0.05, 0) is 81.0 Å². The van der Waals surface area contributed by atoms with E-state index in [1.165, 1.54) is 14.7 Å². The molecule has 4 heterocycles. The molecule has 2 aromatic carbocycles. The van der Waals surface area contributed by atoms with Crippen LogP contribution in [0.2, 0.25) is 0 Å². The first-order valence-electron chi connectivity index (χ1n) is 19.8. The Hall–Kier alpha value is -5.47. The van der Waals surface area contributed by atoms with E-state index in [-0.39, 0.29) is 31.3 Å². The van der Waals surface area contributed by atoms with E-state index < -0.39 is 78.5 Å². The van der Waals surface area contributed by atoms with Gasteiger partial charge in [-0.15, -0.1) is 0 Å². The predicted octanol–water partition coefficient (Wildman–Crippen LogP) is 2.14. The Morgan fingerprint density at radius 3 is 2.23 bits per heavy atom. The lowest BCUT2D eigenvalue weighted by Gasteiger charge is -2.39. The number of benzene rings is 2. The van der Waals surface area contributed by atoms with Gasteiger partial charge in [-0.3, -0.25) is 24.0 Å². The van der Waals surface area contributed by atoms with Gasteiger partial charge in [-0.1, -0.05) is 56.3 Å². The second-order valence-corrected chi connectivity index (χ2v) is 15.4. The summed E-state index contributed by atoms with van der Waals surface area (Å²) in [6.45, 7) is 5.72. The molecule has 0 saturated carbocycles. The normalized spacial score (nSPS) is 26.7. The molecule has 4 N–H and O–H groups in total. The first kappa shape index (κ1) is 40.2. The van der Waals surface area contributed by atoms with E-state index in [1.54, 1.807) is 19.1 Å². The van der Waals surface area contributed by atoms with Crippen LogP contribution in [0.5, 0.6) is 0 Å². The summed E-state index contributed by atoms with van der Waals surface area (Å²) >= 11 is 0. The van der Waals surface area contributed by atoms with Crippen molar-refractivity contribution in [1.29, 1.82) is 0 Å². The number of esters is 1. The zero-order valence-electron chi connectivity index (χ0n) is 32.3. The molecule has 0 aromatic heterocycles. The fraction of sp³-hybridized carbons (Fsp3) is 0.537. The molecule has 0 bridgehead atoms. The molecule has 15 nitrogen and oxygen atoms in total. The number of anilines is 1. The third-order valence-electron chi connectivity index (χ3n) is 11.2. The van der Waals surface area contributed by atoms with Crippen molar-refractivity contribution in [3.05, 3.63) is 65.7 Å². The van der Waals surface area contributed by atoms with E-state index in [0.717, 1.165) is 17.5 Å². The summed E-state index contributed by atoms with van der Waals surface area (Å²) in [5.41, 5.74) is 2.37. The highest BCUT2D eigenvalue weighted by molar-refractivity contribution is 5.98. The van der Waals surface area contributed by atoms with Gasteiger partial charge in [0.1, 0.15) is 42.9 Å². The summed E-state index contributed by atoms with van der Waals surface area (Å²) in [5, 5.41) is 11.1. The summed E-state index contributed by atoms with van der Waals surface area (Å²) in [6.07, 6.45) is 3.87. The van der Waals surface area contributed by atoms with Crippen molar-refractivity contribution in [2.75, 3.05) is 31.6 Å². The van der Waals surface area contributed by atoms with Gasteiger partial charge in [0.15, 0.2) is 0 Å². The molecule has 7 amide bonds. The molecule has 7 atom stereocenters. The van der Waals surface area contributed by atoms with Crippen molar-refractivity contribution in [2.45, 2.75) is 108 Å². The van der Waals surface area contributed by atoms with Gasteiger partial charge in [-0.2, -0.15) is 0 Å². The van der Waals surface area contributed by atoms with Crippen LogP contribution in [0.25, 0.3) is 0 Å². The number of ether oxygens (including phenoxy) is 1. The highest BCUT2D eigenvalue weighted by Crippen LogP contribution is 2.28. The number of nitrogens with zero attached hydrogens (tertiary/aromatic N) is 3. The Labute approximate surface area is 327 Å². The third kappa shape index (κ3) is 9.31. The van der Waals surface area contributed by atoms with Gasteiger partial charge < -0.3 is 40.7 Å². The maximum absolute atomic E-state index is 14.5. The molecule has 300 valence electrons. The molecular weight excluding hydrogens is 718 g/mol. The Bertz CT molecular complexity index is 1790. The number of aryl methyl sites for hydroxylation is 1. The summed E-state index contributed by atoms with van der Waals surface area (Å²) in [4.78, 5) is 102. The smallest absolute Gasteiger partial charge is 0.328 e. The van der Waals surface area contributed by atoms with Crippen molar-refractivity contribution in [3.8, 4) is 0 Å². The lowest BCUT2D eigenvalue weighted by molar-refractivity contribution is -0.158. The van der Waals surface area contributed by atoms with Crippen LogP contribution in [0.3, 0.4) is 0 Å². The molecule has 4 fully saturated rings. The van der Waals surface area contributed by atoms with Crippen molar-refractivity contribution in [2.24, 2.45) is 5.92 Å². The number of carbonyl (C=O) groups excluding carboxylic acids is 7. The molecule has 0 unspecified atom stereocenters. The minimum atomic E-state index is -1.43. The molecule has 4 aliphatic rings. The van der Waals surface area contributed by atoms with Crippen LogP contribution in [-0.2, 0) is 46.3 Å². The highest BCUT2D eigenvalue weighted by Gasteiger charge is 2.46. The minimum absolute atomic E-state index is 0.0454. The zero-order valence-corrected chi connectivity index (χ0v) is 32.3. The van der Waals surface area contributed by atoms with Crippen LogP contribution < -0.4 is 21.3 Å². The van der Waals surface area contributed by atoms with Gasteiger partial charge in [-0.25, -0.2) is 9.59 Å². The Kier molecular flexibility index (Phi) is 12.9. The number of rotatable bonds is 7. The summed E-state index contributed by atoms with van der Waals surface area (Å²) < 4.78 is 5.75. The molecule has 15 heteroatoms. The first-order chi connectivity index (χ1) is 26.9. The van der Waals surface area contributed by atoms with Crippen LogP contribution in [0, 0.1) is 5.92 Å². The fourth-order valence-electron chi connectivity index (χ4n) is 8.20. The highest BCUT2D eigenvalue weighted by atomic mass is 16.5. The van der Waals surface area contributed by atoms with Gasteiger partial charge in [0.2, 0.25) is 29.5 Å². The average molecular weight is 772 g/mol. The minimum Gasteiger partial charge on any atom is -0.461 e. The topological polar surface area (TPSA) is 187 Å². The molecule has 0 spiro atoms. The number of cyclic esters (lactones) is 1. The Balaban J connectivity index is 1.29. The van der Waals surface area contributed by atoms with Crippen LogP contribution >= 0.6 is 0 Å². The average Bonchev–Trinajstić information content (AvgIpc) is 3.86. The summed E-state index contributed by atoms with van der Waals surface area (Å²) in [7, 11) is 0. The SMILES string of the molecule is CCc1ccc(NC(=O)N[C@@H](Cc2ccccc2)C(=O)N[C@H]2COC(=O)[C@@H]3C[C@@H](C)CN3C(=O)[C@H](C)NC(=O)[C@@H]3CCCCN3C(=O)[C@@H]3CCCN3C2=O)cc1. The van der Waals surface area contributed by atoms with Gasteiger partial charge in [0.25, 0.3) is 0 Å². The van der Waals surface area contributed by atoms with E-state index in [9.17, 15) is 33.6 Å². The predicted molar refractivity (Wildman–Crippen MR) is 206 cm³/mol. The Morgan fingerprint density at radius 2 is 1.50 bits per heavy atom. The second-order valence-electron chi connectivity index (χ2n) is 15.4. The largest absolute Gasteiger partial charge is 0.461 e. The maximum atomic E-state index is 14.5. The van der Waals surface area contributed by atoms with Gasteiger partial charge in [0.05, 0.1) is 0 Å². The van der Waals surface area contributed by atoms with E-state index in [0.29, 0.717) is 50.8 Å². The number of nitrogens with one attached hydrogen (secondary N) is 4. The lowest BCUT2D eigenvalue weighted by atomic mass is 9.99. The maximum Gasteiger partial charge on any atom is 0.328 e. The molecule has 0 radical (unpaired) electrons. The molecule has 6 rings (SSSR count). The first-order valence-corrected chi connectivity index (χ1v) is 19.8. The number of urea groups is 1. The van der Waals surface area contributed by atoms with Crippen molar-refractivity contribution in [3.63, 3.8) is 0 Å². The van der Waals surface area contributed by atoms with Crippen LogP contribution in [0.1, 0.15) is 70.4 Å². The van der Waals surface area contributed by atoms with Crippen LogP contribution in [-0.4, -0.2) is 119 Å².